The Morgan fingerprint density at radius 3 is 2.89 bits per heavy atom. The Balaban J connectivity index is 1.99. The lowest BCUT2D eigenvalue weighted by Crippen LogP contribution is -2.43. The molecule has 106 valence electrons. The van der Waals surface area contributed by atoms with Gasteiger partial charge < -0.3 is 20.4 Å². The number of morpholine rings is 1. The molecule has 0 spiro atoms. The average Bonchev–Trinajstić information content (AvgIpc) is 2.38. The molecule has 0 bridgehead atoms. The van der Waals surface area contributed by atoms with Gasteiger partial charge in [0.15, 0.2) is 5.82 Å². The first-order valence-electron chi connectivity index (χ1n) is 5.97. The van der Waals surface area contributed by atoms with Crippen molar-refractivity contribution in [1.82, 2.24) is 9.88 Å². The highest BCUT2D eigenvalue weighted by molar-refractivity contribution is 6.37. The fourth-order valence-electron chi connectivity index (χ4n) is 1.89. The van der Waals surface area contributed by atoms with Crippen LogP contribution in [0, 0.1) is 0 Å². The van der Waals surface area contributed by atoms with Crippen molar-refractivity contribution in [3.8, 4) is 0 Å². The average molecular weight is 306 g/mol. The Hall–Kier alpha value is -0.790. The summed E-state index contributed by atoms with van der Waals surface area (Å²) < 4.78 is 5.65. The number of hydrogen-bond donors (Lipinski definition) is 3. The maximum atomic E-state index is 6.08. The predicted molar refractivity (Wildman–Crippen MR) is 77.8 cm³/mol. The molecule has 6 nitrogen and oxygen atoms in total. The van der Waals surface area contributed by atoms with Crippen molar-refractivity contribution >= 4 is 34.8 Å². The number of nitrogens with one attached hydrogen (secondary N) is 2. The quantitative estimate of drug-likeness (QED) is 0.577. The lowest BCUT2D eigenvalue weighted by Gasteiger charge is -2.30. The molecule has 1 aliphatic rings. The smallest absolute Gasteiger partial charge is 0.161 e. The summed E-state index contributed by atoms with van der Waals surface area (Å²) in [5, 5.41) is 3.99. The van der Waals surface area contributed by atoms with Gasteiger partial charge in [-0.2, -0.15) is 0 Å². The standard InChI is InChI=1S/C11H17Cl2N5O/c1-18-2-3-19-7(6-18)5-15-10-8(12)4-9(13)11(16-10)17-14/h4,7H,2-3,5-6,14H2,1H3,(H2,15,16,17). The van der Waals surface area contributed by atoms with Crippen LogP contribution in [0.1, 0.15) is 0 Å². The Bertz CT molecular complexity index is 445. The number of hydrogen-bond acceptors (Lipinski definition) is 6. The molecule has 0 radical (unpaired) electrons. The number of anilines is 2. The van der Waals surface area contributed by atoms with Crippen LogP contribution in [0.15, 0.2) is 6.07 Å². The maximum Gasteiger partial charge on any atom is 0.161 e. The van der Waals surface area contributed by atoms with Crippen LogP contribution < -0.4 is 16.6 Å². The summed E-state index contributed by atoms with van der Waals surface area (Å²) in [5.41, 5.74) is 2.43. The van der Waals surface area contributed by atoms with Crippen molar-refractivity contribution in [2.75, 3.05) is 44.0 Å². The molecule has 1 fully saturated rings. The van der Waals surface area contributed by atoms with Gasteiger partial charge in [-0.3, -0.25) is 0 Å². The molecule has 8 heteroatoms. The molecular weight excluding hydrogens is 289 g/mol. The Morgan fingerprint density at radius 1 is 1.47 bits per heavy atom. The molecule has 2 heterocycles. The summed E-state index contributed by atoms with van der Waals surface area (Å²) in [4.78, 5) is 6.44. The monoisotopic (exact) mass is 305 g/mol. The van der Waals surface area contributed by atoms with Crippen molar-refractivity contribution in [1.29, 1.82) is 0 Å². The first-order chi connectivity index (χ1) is 9.10. The van der Waals surface area contributed by atoms with E-state index in [-0.39, 0.29) is 6.10 Å². The van der Waals surface area contributed by atoms with E-state index in [1.54, 1.807) is 6.07 Å². The summed E-state index contributed by atoms with van der Waals surface area (Å²) in [5.74, 6) is 6.25. The van der Waals surface area contributed by atoms with E-state index in [0.717, 1.165) is 19.7 Å². The predicted octanol–water partition coefficient (Wildman–Crippen LogP) is 1.42. The molecule has 1 aromatic rings. The van der Waals surface area contributed by atoms with E-state index in [1.807, 2.05) is 0 Å². The third-order valence-corrected chi connectivity index (χ3v) is 3.48. The van der Waals surface area contributed by atoms with Gasteiger partial charge in [0, 0.05) is 19.6 Å². The second-order valence-electron chi connectivity index (χ2n) is 4.43. The number of nitrogen functional groups attached to an aromatic ring is 1. The number of nitrogens with zero attached hydrogens (tertiary/aromatic N) is 2. The zero-order valence-electron chi connectivity index (χ0n) is 10.6. The molecule has 0 aliphatic carbocycles. The van der Waals surface area contributed by atoms with Gasteiger partial charge >= 0.3 is 0 Å². The fourth-order valence-corrected chi connectivity index (χ4v) is 2.37. The minimum atomic E-state index is 0.113. The van der Waals surface area contributed by atoms with E-state index >= 15 is 0 Å². The van der Waals surface area contributed by atoms with Crippen LogP contribution in [0.25, 0.3) is 0 Å². The summed E-state index contributed by atoms with van der Waals surface area (Å²) >= 11 is 12.0. The zero-order chi connectivity index (χ0) is 13.8. The highest BCUT2D eigenvalue weighted by atomic mass is 35.5. The molecule has 1 aliphatic heterocycles. The molecule has 1 atom stereocenters. The third-order valence-electron chi connectivity index (χ3n) is 2.91. The number of ether oxygens (including phenoxy) is 1. The van der Waals surface area contributed by atoms with Gasteiger partial charge in [-0.05, 0) is 13.1 Å². The molecule has 2 rings (SSSR count). The summed E-state index contributed by atoms with van der Waals surface area (Å²) in [6.45, 7) is 3.20. The number of hydrazine groups is 1. The molecule has 1 aromatic heterocycles. The van der Waals surface area contributed by atoms with Crippen molar-refractivity contribution in [3.05, 3.63) is 16.1 Å². The van der Waals surface area contributed by atoms with Crippen LogP contribution in [-0.2, 0) is 4.74 Å². The highest BCUT2D eigenvalue weighted by Gasteiger charge is 2.18. The molecule has 1 unspecified atom stereocenters. The first-order valence-corrected chi connectivity index (χ1v) is 6.72. The Morgan fingerprint density at radius 2 is 2.21 bits per heavy atom. The van der Waals surface area contributed by atoms with Gasteiger partial charge in [0.2, 0.25) is 0 Å². The molecule has 1 saturated heterocycles. The number of aromatic nitrogens is 1. The number of pyridine rings is 1. The third kappa shape index (κ3) is 3.84. The second-order valence-corrected chi connectivity index (χ2v) is 5.24. The molecular formula is C11H17Cl2N5O. The van der Waals surface area contributed by atoms with Crippen LogP contribution in [-0.4, -0.2) is 49.3 Å². The van der Waals surface area contributed by atoms with E-state index < -0.39 is 0 Å². The maximum absolute atomic E-state index is 6.08. The topological polar surface area (TPSA) is 75.4 Å². The number of rotatable bonds is 4. The number of likely N-dealkylation sites (N-methyl/N-ethyl adjacent to an activating group) is 1. The van der Waals surface area contributed by atoms with Crippen molar-refractivity contribution in [3.63, 3.8) is 0 Å². The van der Waals surface area contributed by atoms with E-state index in [1.165, 1.54) is 0 Å². The van der Waals surface area contributed by atoms with Gasteiger partial charge in [0.25, 0.3) is 0 Å². The first kappa shape index (κ1) is 14.6. The van der Waals surface area contributed by atoms with Gasteiger partial charge in [-0.15, -0.1) is 0 Å². The minimum Gasteiger partial charge on any atom is -0.374 e. The van der Waals surface area contributed by atoms with Gasteiger partial charge in [-0.25, -0.2) is 10.8 Å². The van der Waals surface area contributed by atoms with Crippen LogP contribution in [0.2, 0.25) is 10.0 Å². The normalized spacial score (nSPS) is 20.3. The number of nitrogens with two attached hydrogens (primary N) is 1. The summed E-state index contributed by atoms with van der Waals surface area (Å²) in [6.07, 6.45) is 0.113. The van der Waals surface area contributed by atoms with E-state index in [0.29, 0.717) is 28.2 Å². The van der Waals surface area contributed by atoms with Crippen molar-refractivity contribution < 1.29 is 4.74 Å². The molecule has 0 amide bonds. The highest BCUT2D eigenvalue weighted by Crippen LogP contribution is 2.28. The number of halogens is 2. The zero-order valence-corrected chi connectivity index (χ0v) is 12.1. The van der Waals surface area contributed by atoms with Crippen LogP contribution in [0.3, 0.4) is 0 Å². The molecule has 19 heavy (non-hydrogen) atoms. The lowest BCUT2D eigenvalue weighted by atomic mass is 10.3. The van der Waals surface area contributed by atoms with Gasteiger partial charge in [-0.1, -0.05) is 23.2 Å². The summed E-state index contributed by atoms with van der Waals surface area (Å²) in [7, 11) is 2.07. The van der Waals surface area contributed by atoms with Gasteiger partial charge in [0.05, 0.1) is 22.8 Å². The largest absolute Gasteiger partial charge is 0.374 e. The van der Waals surface area contributed by atoms with Gasteiger partial charge in [0.1, 0.15) is 5.82 Å². The molecule has 0 aromatic carbocycles. The van der Waals surface area contributed by atoms with Crippen molar-refractivity contribution in [2.24, 2.45) is 5.84 Å². The molecule has 0 saturated carbocycles. The lowest BCUT2D eigenvalue weighted by molar-refractivity contribution is -0.0117. The van der Waals surface area contributed by atoms with E-state index in [4.69, 9.17) is 33.8 Å². The second kappa shape index (κ2) is 6.58. The molecule has 4 N–H and O–H groups in total. The van der Waals surface area contributed by atoms with Crippen LogP contribution in [0.4, 0.5) is 11.6 Å². The van der Waals surface area contributed by atoms with E-state index in [2.05, 4.69) is 27.7 Å². The Kier molecular flexibility index (Phi) is 5.06. The van der Waals surface area contributed by atoms with Crippen LogP contribution >= 0.6 is 23.2 Å². The van der Waals surface area contributed by atoms with Crippen LogP contribution in [0.5, 0.6) is 0 Å². The fraction of sp³-hybridized carbons (Fsp3) is 0.545. The van der Waals surface area contributed by atoms with Crippen molar-refractivity contribution in [2.45, 2.75) is 6.10 Å². The van der Waals surface area contributed by atoms with E-state index in [9.17, 15) is 0 Å². The Labute approximate surface area is 122 Å². The summed E-state index contributed by atoms with van der Waals surface area (Å²) in [6, 6.07) is 1.60. The SMILES string of the molecule is CN1CCOC(CNc2nc(NN)c(Cl)cc2Cl)C1. The minimum absolute atomic E-state index is 0.113.